The number of H-pyrrole nitrogens is 1. The fraction of sp³-hybridized carbons (Fsp3) is 0.500. The maximum absolute atomic E-state index is 5.29. The summed E-state index contributed by atoms with van der Waals surface area (Å²) in [5.74, 6) is 0. The highest BCUT2D eigenvalue weighted by molar-refractivity contribution is 7.73. The van der Waals surface area contributed by atoms with Crippen molar-refractivity contribution in [1.82, 2.24) is 9.88 Å². The minimum absolute atomic E-state index is 0.879. The number of likely N-dealkylation sites (N-methyl/N-ethyl adjacent to an activating group) is 1. The van der Waals surface area contributed by atoms with Crippen LogP contribution in [-0.2, 0) is 6.42 Å². The Labute approximate surface area is 118 Å². The first-order valence-corrected chi connectivity index (χ1v) is 7.55. The molecule has 0 atom stereocenters. The Morgan fingerprint density at radius 2 is 2.06 bits per heavy atom. The average molecular weight is 280 g/mol. The van der Waals surface area contributed by atoms with Crippen molar-refractivity contribution in [2.75, 3.05) is 20.1 Å². The van der Waals surface area contributed by atoms with Crippen LogP contribution in [0, 0.1) is 17.8 Å². The topological polar surface area (TPSA) is 19.0 Å². The van der Waals surface area contributed by atoms with E-state index in [1.807, 2.05) is 0 Å². The van der Waals surface area contributed by atoms with Gasteiger partial charge in [0, 0.05) is 6.54 Å². The Balaban J connectivity index is 2.45. The Hall–Kier alpha value is -0.710. The molecule has 18 heavy (non-hydrogen) atoms. The molecule has 0 aliphatic carbocycles. The number of aromatic amines is 1. The van der Waals surface area contributed by atoms with Gasteiger partial charge in [-0.3, -0.25) is 0 Å². The first-order valence-electron chi connectivity index (χ1n) is 6.33. The third-order valence-corrected chi connectivity index (χ3v) is 4.80. The predicted molar refractivity (Wildman–Crippen MR) is 83.4 cm³/mol. The number of aromatic nitrogens is 1. The maximum atomic E-state index is 5.29. The van der Waals surface area contributed by atoms with Gasteiger partial charge < -0.3 is 9.88 Å². The normalized spacial score (nSPS) is 11.6. The summed E-state index contributed by atoms with van der Waals surface area (Å²) in [6.45, 7) is 8.74. The first kappa shape index (κ1) is 13.7. The number of benzene rings is 1. The van der Waals surface area contributed by atoms with E-state index in [0.717, 1.165) is 23.5 Å². The number of nitrogens with zero attached hydrogens (tertiary/aromatic N) is 1. The summed E-state index contributed by atoms with van der Waals surface area (Å²) in [7, 11) is 2.17. The molecule has 0 radical (unpaired) electrons. The molecule has 0 spiro atoms. The number of aryl methyl sites for hydroxylation is 2. The van der Waals surface area contributed by atoms with Crippen molar-refractivity contribution >= 4 is 33.8 Å². The standard InChI is InChI=1S/C14H20N2S2/c1-5-16(4)7-6-11-9(2)8-10(3)12-13(11)18-14(17)15-12/h8H,5-7H2,1-4H3,(H,15,17). The number of hydrogen-bond acceptors (Lipinski definition) is 3. The van der Waals surface area contributed by atoms with Gasteiger partial charge in [0.05, 0.1) is 10.2 Å². The van der Waals surface area contributed by atoms with Crippen molar-refractivity contribution in [3.63, 3.8) is 0 Å². The summed E-state index contributed by atoms with van der Waals surface area (Å²) in [5.41, 5.74) is 5.36. The largest absolute Gasteiger partial charge is 0.337 e. The highest BCUT2D eigenvalue weighted by Gasteiger charge is 2.10. The zero-order chi connectivity index (χ0) is 13.3. The highest BCUT2D eigenvalue weighted by atomic mass is 32.1. The van der Waals surface area contributed by atoms with Crippen LogP contribution in [0.4, 0.5) is 0 Å². The van der Waals surface area contributed by atoms with Gasteiger partial charge in [-0.25, -0.2) is 0 Å². The molecule has 0 amide bonds. The second kappa shape index (κ2) is 5.51. The van der Waals surface area contributed by atoms with Gasteiger partial charge >= 0.3 is 0 Å². The van der Waals surface area contributed by atoms with E-state index >= 15 is 0 Å². The van der Waals surface area contributed by atoms with Gasteiger partial charge in [-0.1, -0.05) is 13.0 Å². The van der Waals surface area contributed by atoms with E-state index in [0.29, 0.717) is 0 Å². The van der Waals surface area contributed by atoms with Gasteiger partial charge in [0.2, 0.25) is 0 Å². The Kier molecular flexibility index (Phi) is 4.20. The fourth-order valence-electron chi connectivity index (χ4n) is 2.25. The molecule has 0 saturated heterocycles. The molecule has 0 saturated carbocycles. The molecule has 2 rings (SSSR count). The van der Waals surface area contributed by atoms with E-state index < -0.39 is 0 Å². The molecule has 1 N–H and O–H groups in total. The Morgan fingerprint density at radius 3 is 2.72 bits per heavy atom. The number of fused-ring (bicyclic) bond motifs is 1. The van der Waals surface area contributed by atoms with Crippen molar-refractivity contribution in [1.29, 1.82) is 0 Å². The quantitative estimate of drug-likeness (QED) is 0.851. The average Bonchev–Trinajstić information content (AvgIpc) is 2.70. The van der Waals surface area contributed by atoms with Gasteiger partial charge in [-0.15, -0.1) is 11.3 Å². The smallest absolute Gasteiger partial charge is 0.159 e. The van der Waals surface area contributed by atoms with Crippen LogP contribution < -0.4 is 0 Å². The van der Waals surface area contributed by atoms with Crippen LogP contribution in [0.5, 0.6) is 0 Å². The lowest BCUT2D eigenvalue weighted by atomic mass is 10.0. The van der Waals surface area contributed by atoms with Crippen LogP contribution in [0.3, 0.4) is 0 Å². The van der Waals surface area contributed by atoms with Crippen LogP contribution in [0.2, 0.25) is 0 Å². The SMILES string of the molecule is CCN(C)CCc1c(C)cc(C)c2[nH]c(=S)sc12. The Bertz CT molecular complexity index is 610. The molecule has 0 aliphatic rings. The second-order valence-corrected chi connectivity index (χ2v) is 6.54. The lowest BCUT2D eigenvalue weighted by Crippen LogP contribution is -2.20. The molecule has 0 unspecified atom stereocenters. The molecule has 0 bridgehead atoms. The fourth-order valence-corrected chi connectivity index (χ4v) is 3.64. The van der Waals surface area contributed by atoms with Gasteiger partial charge in [0.1, 0.15) is 0 Å². The minimum Gasteiger partial charge on any atom is -0.337 e. The second-order valence-electron chi connectivity index (χ2n) is 4.85. The number of thiazole rings is 1. The van der Waals surface area contributed by atoms with Gasteiger partial charge in [-0.2, -0.15) is 0 Å². The zero-order valence-electron chi connectivity index (χ0n) is 11.5. The summed E-state index contributed by atoms with van der Waals surface area (Å²) < 4.78 is 2.23. The van der Waals surface area contributed by atoms with Crippen LogP contribution >= 0.6 is 23.6 Å². The van der Waals surface area contributed by atoms with Crippen molar-refractivity contribution in [2.45, 2.75) is 27.2 Å². The molecule has 2 aromatic rings. The van der Waals surface area contributed by atoms with Gasteiger partial charge in [-0.05, 0) is 62.8 Å². The van der Waals surface area contributed by atoms with E-state index in [2.05, 4.69) is 43.8 Å². The van der Waals surface area contributed by atoms with Crippen molar-refractivity contribution in [3.05, 3.63) is 26.7 Å². The molecule has 2 nitrogen and oxygen atoms in total. The molecule has 1 heterocycles. The molecule has 1 aromatic heterocycles. The van der Waals surface area contributed by atoms with E-state index in [9.17, 15) is 0 Å². The first-order chi connectivity index (χ1) is 8.52. The third-order valence-electron chi connectivity index (χ3n) is 3.51. The lowest BCUT2D eigenvalue weighted by molar-refractivity contribution is 0.358. The van der Waals surface area contributed by atoms with Gasteiger partial charge in [0.25, 0.3) is 0 Å². The molecular weight excluding hydrogens is 260 g/mol. The van der Waals surface area contributed by atoms with Crippen molar-refractivity contribution in [2.24, 2.45) is 0 Å². The van der Waals surface area contributed by atoms with Crippen molar-refractivity contribution < 1.29 is 0 Å². The van der Waals surface area contributed by atoms with Crippen LogP contribution in [0.15, 0.2) is 6.07 Å². The molecule has 0 aliphatic heterocycles. The van der Waals surface area contributed by atoms with E-state index in [1.165, 1.54) is 26.9 Å². The van der Waals surface area contributed by atoms with E-state index in [4.69, 9.17) is 12.2 Å². The third kappa shape index (κ3) is 2.66. The van der Waals surface area contributed by atoms with Crippen LogP contribution in [0.25, 0.3) is 10.2 Å². The molecule has 0 fully saturated rings. The summed E-state index contributed by atoms with van der Waals surface area (Å²) in [4.78, 5) is 5.66. The van der Waals surface area contributed by atoms with E-state index in [-0.39, 0.29) is 0 Å². The maximum Gasteiger partial charge on any atom is 0.159 e. The summed E-state index contributed by atoms with van der Waals surface area (Å²) >= 11 is 6.99. The monoisotopic (exact) mass is 280 g/mol. The van der Waals surface area contributed by atoms with Gasteiger partial charge in [0.15, 0.2) is 3.95 Å². The zero-order valence-corrected chi connectivity index (χ0v) is 13.1. The highest BCUT2D eigenvalue weighted by Crippen LogP contribution is 2.29. The number of hydrogen-bond donors (Lipinski definition) is 1. The number of nitrogens with one attached hydrogen (secondary N) is 1. The molecule has 4 heteroatoms. The summed E-state index contributed by atoms with van der Waals surface area (Å²) in [6.07, 6.45) is 1.09. The predicted octanol–water partition coefficient (Wildman–Crippen LogP) is 4.07. The Morgan fingerprint density at radius 1 is 1.33 bits per heavy atom. The molecule has 98 valence electrons. The number of rotatable bonds is 4. The van der Waals surface area contributed by atoms with Crippen molar-refractivity contribution in [3.8, 4) is 0 Å². The minimum atomic E-state index is 0.879. The lowest BCUT2D eigenvalue weighted by Gasteiger charge is -2.15. The molecule has 1 aromatic carbocycles. The van der Waals surface area contributed by atoms with Crippen LogP contribution in [0.1, 0.15) is 23.6 Å². The molecular formula is C14H20N2S2. The van der Waals surface area contributed by atoms with E-state index in [1.54, 1.807) is 11.3 Å². The van der Waals surface area contributed by atoms with Crippen LogP contribution in [-0.4, -0.2) is 30.0 Å². The summed E-state index contributed by atoms with van der Waals surface area (Å²) in [6, 6.07) is 2.27. The summed E-state index contributed by atoms with van der Waals surface area (Å²) in [5, 5.41) is 0.